The van der Waals surface area contributed by atoms with Crippen molar-refractivity contribution < 1.29 is 8.42 Å². The van der Waals surface area contributed by atoms with Gasteiger partial charge in [0.15, 0.2) is 0 Å². The van der Waals surface area contributed by atoms with Crippen molar-refractivity contribution in [1.82, 2.24) is 18.8 Å². The molecule has 0 aromatic carbocycles. The van der Waals surface area contributed by atoms with E-state index in [1.807, 2.05) is 4.57 Å². The van der Waals surface area contributed by atoms with Gasteiger partial charge in [0.2, 0.25) is 5.95 Å². The Labute approximate surface area is 170 Å². The van der Waals surface area contributed by atoms with Gasteiger partial charge in [-0.05, 0) is 31.7 Å². The normalized spacial score (nSPS) is 20.6. The average Bonchev–Trinajstić information content (AvgIpc) is 2.97. The third kappa shape index (κ3) is 4.59. The van der Waals surface area contributed by atoms with Crippen LogP contribution in [0.3, 0.4) is 0 Å². The molecule has 2 aliphatic rings. The summed E-state index contributed by atoms with van der Waals surface area (Å²) >= 11 is 0. The zero-order valence-electron chi connectivity index (χ0n) is 16.5. The number of piperidine rings is 1. The summed E-state index contributed by atoms with van der Waals surface area (Å²) in [6.45, 7) is 0.744. The Morgan fingerprint density at radius 1 is 1.03 bits per heavy atom. The van der Waals surface area contributed by atoms with Gasteiger partial charge in [-0.25, -0.2) is 10.1 Å². The lowest BCUT2D eigenvalue weighted by Gasteiger charge is -2.30. The summed E-state index contributed by atoms with van der Waals surface area (Å²) in [5.41, 5.74) is 0.652. The number of hydrogen-bond acceptors (Lipinski definition) is 6. The molecule has 0 spiro atoms. The molecule has 1 aliphatic carbocycles. The molecule has 10 heteroatoms. The van der Waals surface area contributed by atoms with Crippen LogP contribution in [-0.2, 0) is 10.2 Å². The van der Waals surface area contributed by atoms with E-state index in [1.165, 1.54) is 17.1 Å². The molecule has 3 heterocycles. The van der Waals surface area contributed by atoms with Crippen LogP contribution in [0.2, 0.25) is 0 Å². The molecule has 3 N–H and O–H groups in total. The van der Waals surface area contributed by atoms with E-state index in [1.54, 1.807) is 18.3 Å². The largest absolute Gasteiger partial charge is 0.351 e. The first-order valence-corrected chi connectivity index (χ1v) is 11.8. The summed E-state index contributed by atoms with van der Waals surface area (Å²) < 4.78 is 26.1. The van der Waals surface area contributed by atoms with E-state index < -0.39 is 10.2 Å². The standard InChI is InChI=1S/C19H28N6O3S/c20-29(27,28)24-11-9-15(10-12-24)22-19-21-13-14-7-8-17(26)25(18(14)23-19)16-5-3-1-2-4-6-16/h7-8,13,15-16H,1-6,9-12H2,(H2,20,27,28)(H,21,22,23). The average molecular weight is 421 g/mol. The number of pyridine rings is 1. The smallest absolute Gasteiger partial charge is 0.276 e. The number of rotatable bonds is 4. The Morgan fingerprint density at radius 3 is 2.38 bits per heavy atom. The molecule has 1 aliphatic heterocycles. The van der Waals surface area contributed by atoms with E-state index in [0.29, 0.717) is 37.5 Å². The molecule has 1 saturated carbocycles. The van der Waals surface area contributed by atoms with Gasteiger partial charge in [-0.15, -0.1) is 0 Å². The minimum atomic E-state index is -3.64. The van der Waals surface area contributed by atoms with Crippen LogP contribution < -0.4 is 16.0 Å². The van der Waals surface area contributed by atoms with Crippen LogP contribution in [-0.4, -0.2) is 46.4 Å². The molecule has 2 fully saturated rings. The van der Waals surface area contributed by atoms with E-state index in [0.717, 1.165) is 31.1 Å². The monoisotopic (exact) mass is 420 g/mol. The first-order chi connectivity index (χ1) is 13.9. The summed E-state index contributed by atoms with van der Waals surface area (Å²) in [6.07, 6.45) is 9.69. The van der Waals surface area contributed by atoms with Crippen molar-refractivity contribution in [2.75, 3.05) is 18.4 Å². The van der Waals surface area contributed by atoms with E-state index in [2.05, 4.69) is 15.3 Å². The lowest BCUT2D eigenvalue weighted by molar-refractivity contribution is 0.329. The van der Waals surface area contributed by atoms with E-state index in [9.17, 15) is 13.2 Å². The molecule has 29 heavy (non-hydrogen) atoms. The summed E-state index contributed by atoms with van der Waals surface area (Å²) in [6, 6.07) is 3.62. The van der Waals surface area contributed by atoms with Crippen LogP contribution in [0.1, 0.15) is 57.4 Å². The van der Waals surface area contributed by atoms with Crippen molar-refractivity contribution in [3.05, 3.63) is 28.7 Å². The van der Waals surface area contributed by atoms with E-state index in [4.69, 9.17) is 5.14 Å². The second-order valence-electron chi connectivity index (χ2n) is 8.02. The van der Waals surface area contributed by atoms with Gasteiger partial charge >= 0.3 is 0 Å². The number of nitrogens with two attached hydrogens (primary N) is 1. The zero-order chi connectivity index (χ0) is 20.4. The van der Waals surface area contributed by atoms with Gasteiger partial charge in [-0.1, -0.05) is 25.7 Å². The fraction of sp³-hybridized carbons (Fsp3) is 0.632. The van der Waals surface area contributed by atoms with Gasteiger partial charge in [0.25, 0.3) is 15.8 Å². The van der Waals surface area contributed by atoms with Crippen molar-refractivity contribution in [3.63, 3.8) is 0 Å². The third-order valence-corrected chi connectivity index (χ3v) is 7.09. The molecule has 0 radical (unpaired) electrons. The number of nitrogens with zero attached hydrogens (tertiary/aromatic N) is 4. The SMILES string of the molecule is NS(=O)(=O)N1CCC(Nc2ncc3ccc(=O)n(C4CCCCCC4)c3n2)CC1. The quantitative estimate of drug-likeness (QED) is 0.727. The Kier molecular flexibility index (Phi) is 5.84. The third-order valence-electron chi connectivity index (χ3n) is 6.00. The summed E-state index contributed by atoms with van der Waals surface area (Å²) in [4.78, 5) is 21.8. The predicted octanol–water partition coefficient (Wildman–Crippen LogP) is 1.77. The van der Waals surface area contributed by atoms with Gasteiger partial charge in [-0.2, -0.15) is 17.7 Å². The molecule has 0 amide bonds. The van der Waals surface area contributed by atoms with Gasteiger partial charge in [-0.3, -0.25) is 9.36 Å². The van der Waals surface area contributed by atoms with Crippen LogP contribution in [0, 0.1) is 0 Å². The highest BCUT2D eigenvalue weighted by molar-refractivity contribution is 7.86. The van der Waals surface area contributed by atoms with Gasteiger partial charge in [0.1, 0.15) is 5.65 Å². The molecular weight excluding hydrogens is 392 g/mol. The molecule has 0 atom stereocenters. The zero-order valence-corrected chi connectivity index (χ0v) is 17.3. The van der Waals surface area contributed by atoms with E-state index >= 15 is 0 Å². The maximum atomic E-state index is 12.7. The topological polar surface area (TPSA) is 123 Å². The molecule has 4 rings (SSSR count). The first-order valence-electron chi connectivity index (χ1n) is 10.3. The number of nitrogens with one attached hydrogen (secondary N) is 1. The van der Waals surface area contributed by atoms with Crippen LogP contribution in [0.15, 0.2) is 23.1 Å². The summed E-state index contributed by atoms with van der Waals surface area (Å²) in [5.74, 6) is 0.472. The molecule has 2 aromatic heterocycles. The van der Waals surface area contributed by atoms with Crippen molar-refractivity contribution in [1.29, 1.82) is 0 Å². The Balaban J connectivity index is 1.57. The lowest BCUT2D eigenvalue weighted by atomic mass is 10.1. The Morgan fingerprint density at radius 2 is 1.72 bits per heavy atom. The fourth-order valence-corrected chi connectivity index (χ4v) is 5.13. The molecule has 2 aromatic rings. The van der Waals surface area contributed by atoms with Gasteiger partial charge in [0.05, 0.1) is 0 Å². The Bertz CT molecular complexity index is 1020. The lowest BCUT2D eigenvalue weighted by Crippen LogP contribution is -2.45. The minimum absolute atomic E-state index is 0.0180. The van der Waals surface area contributed by atoms with Crippen LogP contribution >= 0.6 is 0 Å². The Hall–Kier alpha value is -2.04. The predicted molar refractivity (Wildman–Crippen MR) is 112 cm³/mol. The molecule has 158 valence electrons. The van der Waals surface area contributed by atoms with Crippen LogP contribution in [0.4, 0.5) is 5.95 Å². The molecule has 9 nitrogen and oxygen atoms in total. The second kappa shape index (κ2) is 8.37. The number of fused-ring (bicyclic) bond motifs is 1. The number of hydrogen-bond donors (Lipinski definition) is 2. The van der Waals surface area contributed by atoms with Crippen molar-refractivity contribution in [2.24, 2.45) is 5.14 Å². The molecule has 0 unspecified atom stereocenters. The van der Waals surface area contributed by atoms with Gasteiger partial charge in [0, 0.05) is 42.8 Å². The first kappa shape index (κ1) is 20.2. The van der Waals surface area contributed by atoms with Crippen LogP contribution in [0.25, 0.3) is 11.0 Å². The number of anilines is 1. The van der Waals surface area contributed by atoms with Crippen molar-refractivity contribution in [3.8, 4) is 0 Å². The molecule has 0 bridgehead atoms. The van der Waals surface area contributed by atoms with Crippen molar-refractivity contribution >= 4 is 27.2 Å². The summed E-state index contributed by atoms with van der Waals surface area (Å²) in [5, 5.41) is 9.36. The fourth-order valence-electron chi connectivity index (χ4n) is 4.41. The maximum absolute atomic E-state index is 12.7. The number of aromatic nitrogens is 3. The highest BCUT2D eigenvalue weighted by Gasteiger charge is 2.26. The summed E-state index contributed by atoms with van der Waals surface area (Å²) in [7, 11) is -3.64. The highest BCUT2D eigenvalue weighted by Crippen LogP contribution is 2.28. The highest BCUT2D eigenvalue weighted by atomic mass is 32.2. The van der Waals surface area contributed by atoms with E-state index in [-0.39, 0.29) is 17.6 Å². The maximum Gasteiger partial charge on any atom is 0.276 e. The van der Waals surface area contributed by atoms with Gasteiger partial charge < -0.3 is 5.32 Å². The van der Waals surface area contributed by atoms with Crippen molar-refractivity contribution in [2.45, 2.75) is 63.5 Å². The molecular formula is C19H28N6O3S. The minimum Gasteiger partial charge on any atom is -0.351 e. The molecule has 1 saturated heterocycles. The second-order valence-corrected chi connectivity index (χ2v) is 9.57. The van der Waals surface area contributed by atoms with Crippen LogP contribution in [0.5, 0.6) is 0 Å².